The fraction of sp³-hybridized carbons (Fsp3) is 0.154. The zero-order valence-electron chi connectivity index (χ0n) is 11.5. The SMILES string of the molecule is Cc1nc(C(F)(F)F)ccc1-c1nc(-c2cc(=O)[nH]cn2)no1. The van der Waals surface area contributed by atoms with Gasteiger partial charge in [-0.15, -0.1) is 0 Å². The number of aromatic amines is 1. The molecule has 3 rings (SSSR count). The first-order chi connectivity index (χ1) is 10.8. The molecule has 0 fully saturated rings. The van der Waals surface area contributed by atoms with Crippen molar-refractivity contribution in [3.8, 4) is 23.0 Å². The first-order valence-electron chi connectivity index (χ1n) is 6.28. The molecular weight excluding hydrogens is 315 g/mol. The normalized spacial score (nSPS) is 11.7. The molecule has 7 nitrogen and oxygen atoms in total. The topological polar surface area (TPSA) is 97.6 Å². The minimum absolute atomic E-state index is 0.0131. The van der Waals surface area contributed by atoms with Gasteiger partial charge in [-0.25, -0.2) is 9.97 Å². The number of hydrogen-bond donors (Lipinski definition) is 1. The summed E-state index contributed by atoms with van der Waals surface area (Å²) in [6.45, 7) is 1.40. The summed E-state index contributed by atoms with van der Waals surface area (Å²) in [5.41, 5.74) is -0.861. The Morgan fingerprint density at radius 3 is 2.65 bits per heavy atom. The molecular formula is C13H8F3N5O2. The molecule has 0 amide bonds. The maximum absolute atomic E-state index is 12.6. The van der Waals surface area contributed by atoms with E-state index in [1.54, 1.807) is 0 Å². The Morgan fingerprint density at radius 2 is 2.00 bits per heavy atom. The molecule has 0 aliphatic heterocycles. The number of hydrogen-bond acceptors (Lipinski definition) is 6. The summed E-state index contributed by atoms with van der Waals surface area (Å²) in [6, 6.07) is 3.21. The molecule has 118 valence electrons. The summed E-state index contributed by atoms with van der Waals surface area (Å²) in [5, 5.41) is 3.66. The van der Waals surface area contributed by atoms with Gasteiger partial charge in [-0.05, 0) is 19.1 Å². The molecule has 0 atom stereocenters. The van der Waals surface area contributed by atoms with Crippen molar-refractivity contribution < 1.29 is 17.7 Å². The van der Waals surface area contributed by atoms with Crippen molar-refractivity contribution in [2.24, 2.45) is 0 Å². The van der Waals surface area contributed by atoms with Gasteiger partial charge in [0.15, 0.2) is 0 Å². The third-order valence-corrected chi connectivity index (χ3v) is 2.94. The van der Waals surface area contributed by atoms with Crippen LogP contribution in [0, 0.1) is 6.92 Å². The maximum atomic E-state index is 12.6. The highest BCUT2D eigenvalue weighted by atomic mass is 19.4. The molecule has 0 aliphatic rings. The molecule has 3 aromatic heterocycles. The highest BCUT2D eigenvalue weighted by Crippen LogP contribution is 2.30. The van der Waals surface area contributed by atoms with Crippen molar-refractivity contribution in [1.29, 1.82) is 0 Å². The number of alkyl halides is 3. The lowest BCUT2D eigenvalue weighted by Crippen LogP contribution is -2.08. The third kappa shape index (κ3) is 2.96. The molecule has 0 saturated heterocycles. The summed E-state index contributed by atoms with van der Waals surface area (Å²) in [6.07, 6.45) is -3.35. The van der Waals surface area contributed by atoms with Crippen LogP contribution < -0.4 is 5.56 Å². The summed E-state index contributed by atoms with van der Waals surface area (Å²) < 4.78 is 42.8. The summed E-state index contributed by atoms with van der Waals surface area (Å²) >= 11 is 0. The Bertz CT molecular complexity index is 916. The highest BCUT2D eigenvalue weighted by molar-refractivity contribution is 5.59. The molecule has 0 saturated carbocycles. The molecule has 0 aliphatic carbocycles. The smallest absolute Gasteiger partial charge is 0.333 e. The molecule has 10 heteroatoms. The van der Waals surface area contributed by atoms with Crippen LogP contribution in [0.3, 0.4) is 0 Å². The Hall–Kier alpha value is -3.04. The molecule has 0 unspecified atom stereocenters. The average molecular weight is 323 g/mol. The van der Waals surface area contributed by atoms with Gasteiger partial charge in [0.2, 0.25) is 5.82 Å². The Balaban J connectivity index is 1.99. The van der Waals surface area contributed by atoms with Crippen molar-refractivity contribution in [2.75, 3.05) is 0 Å². The monoisotopic (exact) mass is 323 g/mol. The molecule has 0 radical (unpaired) electrons. The number of nitrogens with zero attached hydrogens (tertiary/aromatic N) is 4. The van der Waals surface area contributed by atoms with E-state index in [4.69, 9.17) is 4.52 Å². The van der Waals surface area contributed by atoms with Gasteiger partial charge in [0, 0.05) is 6.07 Å². The van der Waals surface area contributed by atoms with Crippen molar-refractivity contribution in [3.05, 3.63) is 46.3 Å². The van der Waals surface area contributed by atoms with Gasteiger partial charge in [-0.2, -0.15) is 18.2 Å². The van der Waals surface area contributed by atoms with Gasteiger partial charge in [0.25, 0.3) is 11.4 Å². The predicted molar refractivity (Wildman–Crippen MR) is 71.1 cm³/mol. The number of H-pyrrole nitrogens is 1. The molecule has 0 aromatic carbocycles. The van der Waals surface area contributed by atoms with Crippen LogP contribution in [0.15, 0.2) is 33.8 Å². The van der Waals surface area contributed by atoms with E-state index in [-0.39, 0.29) is 28.7 Å². The van der Waals surface area contributed by atoms with Crippen LogP contribution in [0.1, 0.15) is 11.4 Å². The van der Waals surface area contributed by atoms with Crippen LogP contribution in [0.4, 0.5) is 13.2 Å². The number of halogens is 3. The summed E-state index contributed by atoms with van der Waals surface area (Å²) in [4.78, 5) is 25.0. The van der Waals surface area contributed by atoms with Gasteiger partial charge >= 0.3 is 6.18 Å². The number of nitrogens with one attached hydrogen (secondary N) is 1. The number of rotatable bonds is 2. The second kappa shape index (κ2) is 5.30. The molecule has 0 bridgehead atoms. The third-order valence-electron chi connectivity index (χ3n) is 2.94. The summed E-state index contributed by atoms with van der Waals surface area (Å²) in [5.74, 6) is 0.0335. The van der Waals surface area contributed by atoms with Crippen LogP contribution >= 0.6 is 0 Å². The van der Waals surface area contributed by atoms with Crippen LogP contribution in [0.25, 0.3) is 23.0 Å². The van der Waals surface area contributed by atoms with E-state index in [1.807, 2.05) is 0 Å². The molecule has 3 aromatic rings. The van der Waals surface area contributed by atoms with E-state index >= 15 is 0 Å². The highest BCUT2D eigenvalue weighted by Gasteiger charge is 2.33. The minimum Gasteiger partial charge on any atom is -0.333 e. The van der Waals surface area contributed by atoms with E-state index in [1.165, 1.54) is 25.4 Å². The van der Waals surface area contributed by atoms with E-state index < -0.39 is 17.4 Å². The quantitative estimate of drug-likeness (QED) is 0.776. The molecule has 3 heterocycles. The van der Waals surface area contributed by atoms with Crippen molar-refractivity contribution in [2.45, 2.75) is 13.1 Å². The minimum atomic E-state index is -4.53. The fourth-order valence-corrected chi connectivity index (χ4v) is 1.87. The fourth-order valence-electron chi connectivity index (χ4n) is 1.87. The number of pyridine rings is 1. The average Bonchev–Trinajstić information content (AvgIpc) is 2.96. The van der Waals surface area contributed by atoms with E-state index in [0.29, 0.717) is 0 Å². The maximum Gasteiger partial charge on any atom is 0.433 e. The Morgan fingerprint density at radius 1 is 1.22 bits per heavy atom. The van der Waals surface area contributed by atoms with Gasteiger partial charge in [-0.3, -0.25) is 4.79 Å². The molecule has 1 N–H and O–H groups in total. The van der Waals surface area contributed by atoms with Crippen LogP contribution in [-0.2, 0) is 6.18 Å². The Kier molecular flexibility index (Phi) is 3.43. The zero-order chi connectivity index (χ0) is 16.6. The van der Waals surface area contributed by atoms with Crippen molar-refractivity contribution in [1.82, 2.24) is 25.1 Å². The number of aryl methyl sites for hydroxylation is 1. The molecule has 0 spiro atoms. The van der Waals surface area contributed by atoms with Crippen LogP contribution in [-0.4, -0.2) is 25.1 Å². The van der Waals surface area contributed by atoms with Crippen LogP contribution in [0.5, 0.6) is 0 Å². The summed E-state index contributed by atoms with van der Waals surface area (Å²) in [7, 11) is 0. The second-order valence-corrected chi connectivity index (χ2v) is 4.55. The van der Waals surface area contributed by atoms with E-state index in [9.17, 15) is 18.0 Å². The van der Waals surface area contributed by atoms with Crippen molar-refractivity contribution in [3.63, 3.8) is 0 Å². The lowest BCUT2D eigenvalue weighted by molar-refractivity contribution is -0.141. The van der Waals surface area contributed by atoms with Gasteiger partial charge in [-0.1, -0.05) is 5.16 Å². The van der Waals surface area contributed by atoms with Crippen molar-refractivity contribution >= 4 is 0 Å². The molecule has 23 heavy (non-hydrogen) atoms. The number of aromatic nitrogens is 5. The predicted octanol–water partition coefficient (Wildman–Crippen LogP) is 2.21. The van der Waals surface area contributed by atoms with E-state index in [2.05, 4.69) is 25.1 Å². The first-order valence-corrected chi connectivity index (χ1v) is 6.28. The van der Waals surface area contributed by atoms with Gasteiger partial charge in [0.1, 0.15) is 11.4 Å². The Labute approximate surface area is 126 Å². The second-order valence-electron chi connectivity index (χ2n) is 4.55. The first kappa shape index (κ1) is 14.9. The zero-order valence-corrected chi connectivity index (χ0v) is 11.5. The lowest BCUT2D eigenvalue weighted by Gasteiger charge is -2.07. The largest absolute Gasteiger partial charge is 0.433 e. The van der Waals surface area contributed by atoms with Gasteiger partial charge < -0.3 is 9.51 Å². The van der Waals surface area contributed by atoms with E-state index in [0.717, 1.165) is 6.07 Å². The lowest BCUT2D eigenvalue weighted by atomic mass is 10.2. The van der Waals surface area contributed by atoms with Crippen LogP contribution in [0.2, 0.25) is 0 Å². The standard InChI is InChI=1S/C13H8F3N5O2/c1-6-7(2-3-9(19-6)13(14,15)16)12-20-11(21-23-12)8-4-10(22)18-5-17-8/h2-5H,1H3,(H,17,18,22). The van der Waals surface area contributed by atoms with Gasteiger partial charge in [0.05, 0.1) is 17.6 Å².